The Morgan fingerprint density at radius 3 is 2.61 bits per heavy atom. The second-order valence-corrected chi connectivity index (χ2v) is 8.65. The summed E-state index contributed by atoms with van der Waals surface area (Å²) in [6, 6.07) is 17.2. The first-order chi connectivity index (χ1) is 15.1. The molecule has 158 valence electrons. The SMILES string of the molecule is CN(c1ccc(C2CC2)cc1)c1ccc2c(c1)CC[C@@H]2CNc1cnccc1C(=O)O. The zero-order valence-corrected chi connectivity index (χ0v) is 17.7. The zero-order valence-electron chi connectivity index (χ0n) is 17.7. The van der Waals surface area contributed by atoms with E-state index >= 15 is 0 Å². The highest BCUT2D eigenvalue weighted by atomic mass is 16.4. The van der Waals surface area contributed by atoms with Gasteiger partial charge in [0, 0.05) is 37.1 Å². The number of rotatable bonds is 7. The van der Waals surface area contributed by atoms with E-state index in [-0.39, 0.29) is 5.56 Å². The molecule has 0 aliphatic heterocycles. The van der Waals surface area contributed by atoms with Crippen LogP contribution in [0.15, 0.2) is 60.9 Å². The summed E-state index contributed by atoms with van der Waals surface area (Å²) in [6.07, 6.45) is 7.86. The molecule has 3 aromatic rings. The standard InChI is InChI=1S/C26H27N3O2/c1-29(21-8-6-18(7-9-21)17-2-3-17)22-10-11-23-19(14-22)4-5-20(23)15-28-25-16-27-13-12-24(25)26(30)31/h6-14,16-17,20,28H,2-5,15H2,1H3,(H,30,31)/t20-/m1/s1. The number of nitrogens with one attached hydrogen (secondary N) is 1. The van der Waals surface area contributed by atoms with Crippen molar-refractivity contribution in [1.29, 1.82) is 0 Å². The first-order valence-electron chi connectivity index (χ1n) is 11.0. The van der Waals surface area contributed by atoms with Gasteiger partial charge >= 0.3 is 5.97 Å². The van der Waals surface area contributed by atoms with Crippen molar-refractivity contribution in [1.82, 2.24) is 4.98 Å². The lowest BCUT2D eigenvalue weighted by Gasteiger charge is -2.21. The number of nitrogens with zero attached hydrogens (tertiary/aromatic N) is 2. The number of carboxylic acids is 1. The van der Waals surface area contributed by atoms with Crippen LogP contribution in [0, 0.1) is 0 Å². The van der Waals surface area contributed by atoms with Gasteiger partial charge in [-0.2, -0.15) is 0 Å². The minimum Gasteiger partial charge on any atom is -0.478 e. The molecule has 2 aliphatic carbocycles. The van der Waals surface area contributed by atoms with Gasteiger partial charge in [-0.1, -0.05) is 18.2 Å². The van der Waals surface area contributed by atoms with Gasteiger partial charge in [-0.05, 0) is 78.6 Å². The minimum atomic E-state index is -0.936. The molecule has 2 aliphatic rings. The highest BCUT2D eigenvalue weighted by Crippen LogP contribution is 2.41. The van der Waals surface area contributed by atoms with Crippen molar-refractivity contribution in [2.24, 2.45) is 0 Å². The molecule has 2 N–H and O–H groups in total. The quantitative estimate of drug-likeness (QED) is 0.530. The molecule has 0 saturated heterocycles. The van der Waals surface area contributed by atoms with Gasteiger partial charge < -0.3 is 15.3 Å². The number of aromatic carboxylic acids is 1. The normalized spacial score (nSPS) is 17.3. The molecule has 5 rings (SSSR count). The van der Waals surface area contributed by atoms with Crippen molar-refractivity contribution in [3.8, 4) is 0 Å². The maximum Gasteiger partial charge on any atom is 0.337 e. The van der Waals surface area contributed by atoms with Crippen molar-refractivity contribution < 1.29 is 9.90 Å². The number of anilines is 3. The molecule has 1 atom stereocenters. The fourth-order valence-electron chi connectivity index (χ4n) is 4.60. The van der Waals surface area contributed by atoms with Gasteiger partial charge in [-0.25, -0.2) is 4.79 Å². The van der Waals surface area contributed by atoms with Crippen molar-refractivity contribution in [2.45, 2.75) is 37.5 Å². The largest absolute Gasteiger partial charge is 0.478 e. The number of benzene rings is 2. The molecule has 1 saturated carbocycles. The van der Waals surface area contributed by atoms with E-state index in [2.05, 4.69) is 64.7 Å². The van der Waals surface area contributed by atoms with E-state index in [1.807, 2.05) is 0 Å². The van der Waals surface area contributed by atoms with E-state index in [1.165, 1.54) is 53.2 Å². The molecule has 1 fully saturated rings. The molecule has 5 nitrogen and oxygen atoms in total. The van der Waals surface area contributed by atoms with Crippen LogP contribution in [0.2, 0.25) is 0 Å². The highest BCUT2D eigenvalue weighted by Gasteiger charge is 2.25. The van der Waals surface area contributed by atoms with Gasteiger partial charge in [0.15, 0.2) is 0 Å². The third-order valence-electron chi connectivity index (χ3n) is 6.64. The van der Waals surface area contributed by atoms with Crippen LogP contribution in [0.5, 0.6) is 0 Å². The molecule has 0 unspecified atom stereocenters. The van der Waals surface area contributed by atoms with Crippen molar-refractivity contribution >= 4 is 23.0 Å². The molecule has 0 amide bonds. The van der Waals surface area contributed by atoms with E-state index in [4.69, 9.17) is 0 Å². The molecule has 5 heteroatoms. The Morgan fingerprint density at radius 1 is 1.10 bits per heavy atom. The predicted octanol–water partition coefficient (Wildman–Crippen LogP) is 5.57. The monoisotopic (exact) mass is 413 g/mol. The summed E-state index contributed by atoms with van der Waals surface area (Å²) in [4.78, 5) is 17.7. The van der Waals surface area contributed by atoms with Gasteiger partial charge in [0.2, 0.25) is 0 Å². The van der Waals surface area contributed by atoms with Crippen LogP contribution in [-0.2, 0) is 6.42 Å². The molecule has 2 aromatic carbocycles. The number of carbonyl (C=O) groups is 1. The molecular formula is C26H27N3O2. The van der Waals surface area contributed by atoms with Crippen LogP contribution < -0.4 is 10.2 Å². The van der Waals surface area contributed by atoms with E-state index in [0.717, 1.165) is 18.8 Å². The second kappa shape index (κ2) is 8.06. The lowest BCUT2D eigenvalue weighted by molar-refractivity contribution is 0.0698. The Balaban J connectivity index is 1.29. The van der Waals surface area contributed by atoms with Crippen LogP contribution in [-0.4, -0.2) is 29.7 Å². The number of fused-ring (bicyclic) bond motifs is 1. The minimum absolute atomic E-state index is 0.262. The molecule has 0 spiro atoms. The number of pyridine rings is 1. The number of hydrogen-bond acceptors (Lipinski definition) is 4. The van der Waals surface area contributed by atoms with Crippen LogP contribution in [0.25, 0.3) is 0 Å². The Bertz CT molecular complexity index is 1110. The molecule has 0 radical (unpaired) electrons. The van der Waals surface area contributed by atoms with Gasteiger partial charge in [0.05, 0.1) is 17.4 Å². The van der Waals surface area contributed by atoms with Gasteiger partial charge in [0.1, 0.15) is 0 Å². The lowest BCUT2D eigenvalue weighted by Crippen LogP contribution is -2.13. The van der Waals surface area contributed by atoms with Crippen LogP contribution >= 0.6 is 0 Å². The smallest absolute Gasteiger partial charge is 0.337 e. The average Bonchev–Trinajstić information content (AvgIpc) is 3.57. The molecule has 0 bridgehead atoms. The topological polar surface area (TPSA) is 65.5 Å². The zero-order chi connectivity index (χ0) is 21.4. The molecule has 31 heavy (non-hydrogen) atoms. The second-order valence-electron chi connectivity index (χ2n) is 8.65. The maximum absolute atomic E-state index is 11.4. The van der Waals surface area contributed by atoms with E-state index < -0.39 is 5.97 Å². The third-order valence-corrected chi connectivity index (χ3v) is 6.64. The Morgan fingerprint density at radius 2 is 1.87 bits per heavy atom. The summed E-state index contributed by atoms with van der Waals surface area (Å²) in [7, 11) is 2.12. The first kappa shape index (κ1) is 19.6. The number of carboxylic acid groups (broad SMARTS) is 1. The number of aryl methyl sites for hydroxylation is 1. The average molecular weight is 414 g/mol. The third kappa shape index (κ3) is 4.00. The van der Waals surface area contributed by atoms with Crippen LogP contribution in [0.1, 0.15) is 58.1 Å². The number of hydrogen-bond donors (Lipinski definition) is 2. The summed E-state index contributed by atoms with van der Waals surface area (Å²) in [5.41, 5.74) is 7.45. The van der Waals surface area contributed by atoms with Gasteiger partial charge in [-0.15, -0.1) is 0 Å². The van der Waals surface area contributed by atoms with Crippen molar-refractivity contribution in [3.63, 3.8) is 0 Å². The summed E-state index contributed by atoms with van der Waals surface area (Å²) < 4.78 is 0. The molecule has 1 aromatic heterocycles. The van der Waals surface area contributed by atoms with Crippen molar-refractivity contribution in [3.05, 3.63) is 83.2 Å². The number of aromatic nitrogens is 1. The fraction of sp³-hybridized carbons (Fsp3) is 0.308. The first-order valence-corrected chi connectivity index (χ1v) is 11.0. The van der Waals surface area contributed by atoms with Crippen molar-refractivity contribution in [2.75, 3.05) is 23.8 Å². The summed E-state index contributed by atoms with van der Waals surface area (Å²) in [5.74, 6) is 0.215. The Kier molecular flexibility index (Phi) is 5.10. The summed E-state index contributed by atoms with van der Waals surface area (Å²) >= 11 is 0. The van der Waals surface area contributed by atoms with Gasteiger partial charge in [0.25, 0.3) is 0 Å². The predicted molar refractivity (Wildman–Crippen MR) is 124 cm³/mol. The fourth-order valence-corrected chi connectivity index (χ4v) is 4.60. The molecular weight excluding hydrogens is 386 g/mol. The highest BCUT2D eigenvalue weighted by molar-refractivity contribution is 5.93. The summed E-state index contributed by atoms with van der Waals surface area (Å²) in [5, 5.41) is 12.7. The van der Waals surface area contributed by atoms with Gasteiger partial charge in [-0.3, -0.25) is 4.98 Å². The lowest BCUT2D eigenvalue weighted by atomic mass is 10.0. The Labute approximate surface area is 182 Å². The van der Waals surface area contributed by atoms with E-state index in [1.54, 1.807) is 6.20 Å². The van der Waals surface area contributed by atoms with E-state index in [0.29, 0.717) is 18.2 Å². The Hall–Kier alpha value is -3.34. The van der Waals surface area contributed by atoms with Crippen LogP contribution in [0.3, 0.4) is 0 Å². The van der Waals surface area contributed by atoms with E-state index in [9.17, 15) is 9.90 Å². The summed E-state index contributed by atoms with van der Waals surface area (Å²) in [6.45, 7) is 0.705. The van der Waals surface area contributed by atoms with Crippen LogP contribution in [0.4, 0.5) is 17.1 Å². The molecule has 1 heterocycles. The maximum atomic E-state index is 11.4.